The number of nitro groups is 1. The van der Waals surface area contributed by atoms with Gasteiger partial charge in [0.1, 0.15) is 29.8 Å². The van der Waals surface area contributed by atoms with Gasteiger partial charge in [-0.05, 0) is 43.5 Å². The number of nitrogens with zero attached hydrogens (tertiary/aromatic N) is 3. The molecule has 0 radical (unpaired) electrons. The van der Waals surface area contributed by atoms with Crippen molar-refractivity contribution in [3.8, 4) is 11.5 Å². The average Bonchev–Trinajstić information content (AvgIpc) is 2.90. The van der Waals surface area contributed by atoms with Crippen LogP contribution in [-0.2, 0) is 26.2 Å². The first kappa shape index (κ1) is 31.3. The van der Waals surface area contributed by atoms with E-state index >= 15 is 0 Å². The number of amides is 2. The van der Waals surface area contributed by atoms with Crippen LogP contribution in [0.3, 0.4) is 0 Å². The number of methoxy groups -OCH3 is 2. The van der Waals surface area contributed by atoms with Crippen molar-refractivity contribution in [1.29, 1.82) is 0 Å². The summed E-state index contributed by atoms with van der Waals surface area (Å²) in [5.74, 6) is -0.472. The van der Waals surface area contributed by atoms with Gasteiger partial charge < -0.3 is 19.7 Å². The molecular formula is C26H36N4O8S. The van der Waals surface area contributed by atoms with Gasteiger partial charge in [0.15, 0.2) is 0 Å². The lowest BCUT2D eigenvalue weighted by Gasteiger charge is -2.33. The minimum atomic E-state index is -4.12. The Balaban J connectivity index is 2.58. The third kappa shape index (κ3) is 8.31. The maximum atomic E-state index is 13.8. The average molecular weight is 565 g/mol. The van der Waals surface area contributed by atoms with Crippen LogP contribution < -0.4 is 19.1 Å². The van der Waals surface area contributed by atoms with Gasteiger partial charge in [-0.1, -0.05) is 26.0 Å². The van der Waals surface area contributed by atoms with Crippen molar-refractivity contribution in [3.63, 3.8) is 0 Å². The minimum Gasteiger partial charge on any atom is -0.497 e. The number of ether oxygens (including phenoxy) is 2. The summed E-state index contributed by atoms with van der Waals surface area (Å²) < 4.78 is 37.0. The topological polar surface area (TPSA) is 148 Å². The first-order valence-corrected chi connectivity index (χ1v) is 14.2. The molecule has 2 aromatic carbocycles. The van der Waals surface area contributed by atoms with Crippen LogP contribution in [0.4, 0.5) is 11.4 Å². The van der Waals surface area contributed by atoms with E-state index in [-0.39, 0.29) is 42.0 Å². The van der Waals surface area contributed by atoms with Crippen LogP contribution in [0.2, 0.25) is 0 Å². The Morgan fingerprint density at radius 2 is 1.77 bits per heavy atom. The van der Waals surface area contributed by atoms with Gasteiger partial charge in [0.2, 0.25) is 21.8 Å². The summed E-state index contributed by atoms with van der Waals surface area (Å²) in [6.45, 7) is 4.80. The minimum absolute atomic E-state index is 0.00780. The molecule has 0 aliphatic heterocycles. The molecule has 0 saturated carbocycles. The number of nitro benzene ring substituents is 1. The normalized spacial score (nSPS) is 12.7. The largest absolute Gasteiger partial charge is 0.497 e. The van der Waals surface area contributed by atoms with Crippen LogP contribution in [0.5, 0.6) is 11.5 Å². The predicted molar refractivity (Wildman–Crippen MR) is 147 cm³/mol. The summed E-state index contributed by atoms with van der Waals surface area (Å²) in [6.07, 6.45) is 1.83. The number of hydrogen-bond donors (Lipinski definition) is 1. The molecule has 214 valence electrons. The fraction of sp³-hybridized carbons (Fsp3) is 0.462. The molecule has 0 bridgehead atoms. The molecule has 0 fully saturated rings. The molecule has 2 atom stereocenters. The molecule has 1 N–H and O–H groups in total. The number of hydrogen-bond acceptors (Lipinski definition) is 8. The van der Waals surface area contributed by atoms with E-state index in [1.807, 2.05) is 13.8 Å². The van der Waals surface area contributed by atoms with E-state index in [0.717, 1.165) is 16.6 Å². The Bertz CT molecular complexity index is 1280. The number of benzene rings is 2. The molecule has 0 aromatic heterocycles. The molecule has 39 heavy (non-hydrogen) atoms. The molecule has 2 amide bonds. The highest BCUT2D eigenvalue weighted by Crippen LogP contribution is 2.34. The Hall–Kier alpha value is -3.87. The number of nitrogens with one attached hydrogen (secondary N) is 1. The standard InChI is InChI=1S/C26H36N4O8S/c1-7-18(3)27-26(32)22(8-2)28(16-19-10-9-11-21(14-19)37-4)25(31)17-29(39(6,35)36)23-15-20(30(33)34)12-13-24(23)38-5/h9-15,18,22H,7-8,16-17H2,1-6H3,(H,27,32)/t18-,22+/m1/s1. The van der Waals surface area contributed by atoms with Gasteiger partial charge >= 0.3 is 0 Å². The fourth-order valence-corrected chi connectivity index (χ4v) is 4.75. The van der Waals surface area contributed by atoms with Gasteiger partial charge in [0.05, 0.1) is 25.4 Å². The smallest absolute Gasteiger partial charge is 0.271 e. The second-order valence-electron chi connectivity index (χ2n) is 9.00. The van der Waals surface area contributed by atoms with Crippen LogP contribution in [0.25, 0.3) is 0 Å². The Morgan fingerprint density at radius 1 is 1.08 bits per heavy atom. The number of carbonyl (C=O) groups excluding carboxylic acids is 2. The first-order chi connectivity index (χ1) is 18.4. The Kier molecular flexibility index (Phi) is 11.1. The Labute approximate surface area is 229 Å². The van der Waals surface area contributed by atoms with Crippen molar-refractivity contribution < 1.29 is 32.4 Å². The highest BCUT2D eigenvalue weighted by molar-refractivity contribution is 7.92. The number of non-ortho nitro benzene ring substituents is 1. The maximum Gasteiger partial charge on any atom is 0.271 e. The fourth-order valence-electron chi connectivity index (χ4n) is 3.91. The summed E-state index contributed by atoms with van der Waals surface area (Å²) in [5, 5.41) is 14.3. The summed E-state index contributed by atoms with van der Waals surface area (Å²) in [4.78, 5) is 39.1. The molecule has 0 aliphatic carbocycles. The number of anilines is 1. The van der Waals surface area contributed by atoms with Crippen molar-refractivity contribution in [2.45, 2.75) is 52.2 Å². The van der Waals surface area contributed by atoms with Crippen LogP contribution in [0.1, 0.15) is 39.2 Å². The van der Waals surface area contributed by atoms with Gasteiger partial charge in [-0.3, -0.25) is 24.0 Å². The van der Waals surface area contributed by atoms with Crippen LogP contribution in [0.15, 0.2) is 42.5 Å². The lowest BCUT2D eigenvalue weighted by atomic mass is 10.1. The van der Waals surface area contributed by atoms with Gasteiger partial charge in [-0.25, -0.2) is 8.42 Å². The van der Waals surface area contributed by atoms with E-state index in [9.17, 15) is 28.1 Å². The second kappa shape index (κ2) is 13.8. The van der Waals surface area contributed by atoms with E-state index in [0.29, 0.717) is 17.7 Å². The number of carbonyl (C=O) groups is 2. The molecule has 13 heteroatoms. The quantitative estimate of drug-likeness (QED) is 0.272. The first-order valence-electron chi connectivity index (χ1n) is 12.4. The van der Waals surface area contributed by atoms with Crippen molar-refractivity contribution in [2.24, 2.45) is 0 Å². The third-order valence-electron chi connectivity index (χ3n) is 6.20. The molecule has 12 nitrogen and oxygen atoms in total. The second-order valence-corrected chi connectivity index (χ2v) is 10.9. The zero-order valence-corrected chi connectivity index (χ0v) is 23.9. The highest BCUT2D eigenvalue weighted by atomic mass is 32.2. The number of sulfonamides is 1. The van der Waals surface area contributed by atoms with Crippen molar-refractivity contribution in [2.75, 3.05) is 31.3 Å². The van der Waals surface area contributed by atoms with Crippen LogP contribution in [0, 0.1) is 10.1 Å². The van der Waals surface area contributed by atoms with E-state index in [1.54, 1.807) is 31.2 Å². The van der Waals surface area contributed by atoms with E-state index in [4.69, 9.17) is 9.47 Å². The van der Waals surface area contributed by atoms with Crippen LogP contribution >= 0.6 is 0 Å². The highest BCUT2D eigenvalue weighted by Gasteiger charge is 2.33. The number of rotatable bonds is 14. The molecule has 2 rings (SSSR count). The van der Waals surface area contributed by atoms with Gasteiger partial charge in [0.25, 0.3) is 5.69 Å². The van der Waals surface area contributed by atoms with Crippen molar-refractivity contribution in [1.82, 2.24) is 10.2 Å². The van der Waals surface area contributed by atoms with E-state index in [2.05, 4.69) is 5.32 Å². The molecular weight excluding hydrogens is 528 g/mol. The monoisotopic (exact) mass is 564 g/mol. The Morgan fingerprint density at radius 3 is 2.31 bits per heavy atom. The molecule has 0 unspecified atom stereocenters. The zero-order valence-electron chi connectivity index (χ0n) is 23.0. The molecule has 2 aromatic rings. The van der Waals surface area contributed by atoms with Crippen molar-refractivity contribution >= 4 is 33.2 Å². The maximum absolute atomic E-state index is 13.8. The lowest BCUT2D eigenvalue weighted by Crippen LogP contribution is -2.53. The summed E-state index contributed by atoms with van der Waals surface area (Å²) in [6, 6.07) is 9.39. The van der Waals surface area contributed by atoms with Gasteiger partial charge in [0, 0.05) is 24.7 Å². The van der Waals surface area contributed by atoms with Crippen LogP contribution in [-0.4, -0.2) is 69.2 Å². The molecule has 0 saturated heterocycles. The summed E-state index contributed by atoms with van der Waals surface area (Å²) in [7, 11) is -1.33. The SMILES string of the molecule is CC[C@@H](C)NC(=O)[C@H](CC)N(Cc1cccc(OC)c1)C(=O)CN(c1cc([N+](=O)[O-])ccc1OC)S(C)(=O)=O. The summed E-state index contributed by atoms with van der Waals surface area (Å²) >= 11 is 0. The van der Waals surface area contributed by atoms with Gasteiger partial charge in [-0.2, -0.15) is 0 Å². The van der Waals surface area contributed by atoms with E-state index < -0.39 is 33.4 Å². The molecule has 0 aliphatic rings. The third-order valence-corrected chi connectivity index (χ3v) is 7.32. The van der Waals surface area contributed by atoms with Crippen molar-refractivity contribution in [3.05, 3.63) is 58.1 Å². The van der Waals surface area contributed by atoms with Gasteiger partial charge in [-0.15, -0.1) is 0 Å². The predicted octanol–water partition coefficient (Wildman–Crippen LogP) is 3.10. The molecule has 0 heterocycles. The molecule has 0 spiro atoms. The van der Waals surface area contributed by atoms with E-state index in [1.165, 1.54) is 31.3 Å². The zero-order chi connectivity index (χ0) is 29.3. The lowest BCUT2D eigenvalue weighted by molar-refractivity contribution is -0.384. The summed E-state index contributed by atoms with van der Waals surface area (Å²) in [5.41, 5.74) is 0.122.